The van der Waals surface area contributed by atoms with Gasteiger partial charge in [0.15, 0.2) is 0 Å². The van der Waals surface area contributed by atoms with Gasteiger partial charge < -0.3 is 14.5 Å². The lowest BCUT2D eigenvalue weighted by Crippen LogP contribution is -2.37. The fourth-order valence-electron chi connectivity index (χ4n) is 4.04. The van der Waals surface area contributed by atoms with Crippen molar-refractivity contribution in [3.05, 3.63) is 35.4 Å². The second-order valence-corrected chi connectivity index (χ2v) is 7.15. The van der Waals surface area contributed by atoms with E-state index in [2.05, 4.69) is 6.07 Å². The minimum Gasteiger partial charge on any atom is -0.383 e. The Hall–Kier alpha value is -2.39. The lowest BCUT2D eigenvalue weighted by molar-refractivity contribution is -0.137. The molecule has 6 nitrogen and oxygen atoms in total. The molecule has 0 N–H and O–H groups in total. The van der Waals surface area contributed by atoms with Gasteiger partial charge in [-0.2, -0.15) is 5.26 Å². The van der Waals surface area contributed by atoms with Crippen LogP contribution in [0.1, 0.15) is 41.6 Å². The largest absolute Gasteiger partial charge is 0.383 e. The fourth-order valence-corrected chi connectivity index (χ4v) is 4.04. The number of nitrogens with zero attached hydrogens (tertiary/aromatic N) is 3. The zero-order chi connectivity index (χ0) is 18.6. The summed E-state index contributed by atoms with van der Waals surface area (Å²) in [7, 11) is 1.65. The third-order valence-electron chi connectivity index (χ3n) is 5.66. The van der Waals surface area contributed by atoms with E-state index in [1.54, 1.807) is 31.4 Å². The maximum Gasteiger partial charge on any atom is 0.253 e. The Bertz CT molecular complexity index is 710. The first-order valence-electron chi connectivity index (χ1n) is 9.17. The lowest BCUT2D eigenvalue weighted by atomic mass is 9.79. The number of carbonyl (C=O) groups is 2. The molecule has 2 heterocycles. The number of hydrogen-bond donors (Lipinski definition) is 0. The average molecular weight is 355 g/mol. The van der Waals surface area contributed by atoms with E-state index in [1.165, 1.54) is 0 Å². The topological polar surface area (TPSA) is 73.6 Å². The molecule has 1 spiro atoms. The van der Waals surface area contributed by atoms with Gasteiger partial charge in [0, 0.05) is 38.9 Å². The highest BCUT2D eigenvalue weighted by atomic mass is 16.5. The Labute approximate surface area is 154 Å². The zero-order valence-electron chi connectivity index (χ0n) is 15.2. The van der Waals surface area contributed by atoms with Gasteiger partial charge in [0.05, 0.1) is 23.7 Å². The number of methoxy groups -OCH3 is 1. The van der Waals surface area contributed by atoms with Crippen molar-refractivity contribution in [3.63, 3.8) is 0 Å². The summed E-state index contributed by atoms with van der Waals surface area (Å²) < 4.78 is 5.10. The number of likely N-dealkylation sites (tertiary alicyclic amines) is 2. The van der Waals surface area contributed by atoms with E-state index in [-0.39, 0.29) is 17.2 Å². The molecule has 0 saturated carbocycles. The maximum atomic E-state index is 12.9. The lowest BCUT2D eigenvalue weighted by Gasteiger charge is -2.26. The van der Waals surface area contributed by atoms with E-state index in [4.69, 9.17) is 10.00 Å². The number of nitriles is 1. The highest BCUT2D eigenvalue weighted by molar-refractivity contribution is 5.94. The number of benzene rings is 1. The Morgan fingerprint density at radius 1 is 1.19 bits per heavy atom. The predicted molar refractivity (Wildman–Crippen MR) is 96.4 cm³/mol. The minimum absolute atomic E-state index is 0.0202. The number of carbonyl (C=O) groups excluding carboxylic acids is 2. The summed E-state index contributed by atoms with van der Waals surface area (Å²) in [5.74, 6) is 0.204. The summed E-state index contributed by atoms with van der Waals surface area (Å²) in [6.45, 7) is 3.26. The second kappa shape index (κ2) is 7.88. The molecule has 1 atom stereocenters. The number of hydrogen-bond acceptors (Lipinski definition) is 4. The van der Waals surface area contributed by atoms with Crippen molar-refractivity contribution in [2.24, 2.45) is 5.41 Å². The van der Waals surface area contributed by atoms with Crippen LogP contribution in [-0.2, 0) is 9.53 Å². The monoisotopic (exact) mass is 355 g/mol. The normalized spacial score (nSPS) is 23.2. The van der Waals surface area contributed by atoms with Crippen LogP contribution in [0.3, 0.4) is 0 Å². The third-order valence-corrected chi connectivity index (χ3v) is 5.66. The molecule has 2 aliphatic rings. The predicted octanol–water partition coefficient (Wildman–Crippen LogP) is 2.05. The summed E-state index contributed by atoms with van der Waals surface area (Å²) in [4.78, 5) is 29.4. The van der Waals surface area contributed by atoms with Gasteiger partial charge in [-0.15, -0.1) is 0 Å². The van der Waals surface area contributed by atoms with E-state index in [0.29, 0.717) is 37.4 Å². The van der Waals surface area contributed by atoms with Crippen LogP contribution in [0.2, 0.25) is 0 Å². The van der Waals surface area contributed by atoms with Gasteiger partial charge in [-0.05, 0) is 49.9 Å². The SMILES string of the molecule is COCCN1CCC2(CCCN(C(=O)c3ccc(C#N)cc3)CC2)C1=O. The van der Waals surface area contributed by atoms with Gasteiger partial charge in [-0.25, -0.2) is 0 Å². The smallest absolute Gasteiger partial charge is 0.253 e. The number of ether oxygens (including phenoxy) is 1. The molecule has 3 rings (SSSR count). The average Bonchev–Trinajstić information content (AvgIpc) is 2.85. The van der Waals surface area contributed by atoms with Crippen LogP contribution in [-0.4, -0.2) is 61.5 Å². The van der Waals surface area contributed by atoms with Crippen LogP contribution in [0.15, 0.2) is 24.3 Å². The molecule has 2 aliphatic heterocycles. The maximum absolute atomic E-state index is 12.9. The van der Waals surface area contributed by atoms with Gasteiger partial charge in [0.1, 0.15) is 0 Å². The molecular formula is C20H25N3O3. The molecule has 1 aromatic rings. The summed E-state index contributed by atoms with van der Waals surface area (Å²) in [6.07, 6.45) is 3.27. The highest BCUT2D eigenvalue weighted by Crippen LogP contribution is 2.41. The van der Waals surface area contributed by atoms with Crippen LogP contribution in [0.25, 0.3) is 0 Å². The Kier molecular flexibility index (Phi) is 5.58. The minimum atomic E-state index is -0.312. The Balaban J connectivity index is 1.65. The first-order chi connectivity index (χ1) is 12.6. The molecule has 0 bridgehead atoms. The Morgan fingerprint density at radius 2 is 1.92 bits per heavy atom. The van der Waals surface area contributed by atoms with Gasteiger partial charge in [-0.3, -0.25) is 9.59 Å². The van der Waals surface area contributed by atoms with Crippen LogP contribution in [0, 0.1) is 16.7 Å². The highest BCUT2D eigenvalue weighted by Gasteiger charge is 2.47. The molecular weight excluding hydrogens is 330 g/mol. The van der Waals surface area contributed by atoms with Crippen LogP contribution in [0.5, 0.6) is 0 Å². The molecule has 138 valence electrons. The molecule has 6 heteroatoms. The van der Waals surface area contributed by atoms with E-state index >= 15 is 0 Å². The molecule has 2 amide bonds. The molecule has 1 aromatic carbocycles. The van der Waals surface area contributed by atoms with E-state index < -0.39 is 0 Å². The van der Waals surface area contributed by atoms with Gasteiger partial charge >= 0.3 is 0 Å². The standard InChI is InChI=1S/C20H25N3O3/c1-26-14-13-23-12-9-20(19(23)25)7-2-10-22(11-8-20)18(24)17-5-3-16(15-21)4-6-17/h3-6H,2,7-14H2,1H3. The van der Waals surface area contributed by atoms with Gasteiger partial charge in [0.2, 0.25) is 5.91 Å². The first kappa shape index (κ1) is 18.4. The zero-order valence-corrected chi connectivity index (χ0v) is 15.2. The molecule has 26 heavy (non-hydrogen) atoms. The van der Waals surface area contributed by atoms with Gasteiger partial charge in [0.25, 0.3) is 5.91 Å². The van der Waals surface area contributed by atoms with Crippen LogP contribution in [0.4, 0.5) is 0 Å². The van der Waals surface area contributed by atoms with Crippen molar-refractivity contribution < 1.29 is 14.3 Å². The molecule has 2 saturated heterocycles. The van der Waals surface area contributed by atoms with Crippen molar-refractivity contribution >= 4 is 11.8 Å². The van der Waals surface area contributed by atoms with Crippen molar-refractivity contribution in [3.8, 4) is 6.07 Å². The molecule has 1 unspecified atom stereocenters. The van der Waals surface area contributed by atoms with Crippen LogP contribution >= 0.6 is 0 Å². The van der Waals surface area contributed by atoms with Crippen LogP contribution < -0.4 is 0 Å². The third kappa shape index (κ3) is 3.58. The Morgan fingerprint density at radius 3 is 2.62 bits per heavy atom. The number of amides is 2. The second-order valence-electron chi connectivity index (χ2n) is 7.15. The van der Waals surface area contributed by atoms with E-state index in [9.17, 15) is 9.59 Å². The quantitative estimate of drug-likeness (QED) is 0.828. The summed E-state index contributed by atoms with van der Waals surface area (Å²) >= 11 is 0. The molecule has 2 fully saturated rings. The van der Waals surface area contributed by atoms with Crippen molar-refractivity contribution in [1.82, 2.24) is 9.80 Å². The molecule has 0 aliphatic carbocycles. The van der Waals surface area contributed by atoms with E-state index in [0.717, 1.165) is 32.2 Å². The fraction of sp³-hybridized carbons (Fsp3) is 0.550. The summed E-state index contributed by atoms with van der Waals surface area (Å²) in [5.41, 5.74) is 0.830. The molecule has 0 aromatic heterocycles. The van der Waals surface area contributed by atoms with Crippen molar-refractivity contribution in [1.29, 1.82) is 5.26 Å². The number of rotatable bonds is 4. The summed E-state index contributed by atoms with van der Waals surface area (Å²) in [5, 5.41) is 8.88. The van der Waals surface area contributed by atoms with Crippen molar-refractivity contribution in [2.45, 2.75) is 25.7 Å². The van der Waals surface area contributed by atoms with Crippen molar-refractivity contribution in [2.75, 3.05) is 39.9 Å². The summed E-state index contributed by atoms with van der Waals surface area (Å²) in [6, 6.07) is 8.80. The van der Waals surface area contributed by atoms with Gasteiger partial charge in [-0.1, -0.05) is 0 Å². The van der Waals surface area contributed by atoms with E-state index in [1.807, 2.05) is 9.80 Å². The first-order valence-corrected chi connectivity index (χ1v) is 9.17. The molecule has 0 radical (unpaired) electrons.